The number of allylic oxidation sites excluding steroid dienone is 1. The number of nitrogens with one attached hydrogen (secondary N) is 1. The highest BCUT2D eigenvalue weighted by atomic mass is 32.2. The van der Waals surface area contributed by atoms with Crippen molar-refractivity contribution in [1.29, 1.82) is 0 Å². The molecular weight excluding hydrogens is 497 g/mol. The van der Waals surface area contributed by atoms with Crippen LogP contribution >= 0.6 is 11.8 Å². The van der Waals surface area contributed by atoms with Gasteiger partial charge in [0.15, 0.2) is 5.17 Å². The molecule has 10 heteroatoms. The Morgan fingerprint density at radius 2 is 1.76 bits per heavy atom. The van der Waals surface area contributed by atoms with Crippen LogP contribution in [0.2, 0.25) is 0 Å². The molecule has 1 N–H and O–H groups in total. The van der Waals surface area contributed by atoms with E-state index in [-0.39, 0.29) is 24.7 Å². The largest absolute Gasteiger partial charge is 0.497 e. The lowest BCUT2D eigenvalue weighted by Gasteiger charge is -2.36. The van der Waals surface area contributed by atoms with Gasteiger partial charge in [0.1, 0.15) is 17.3 Å². The lowest BCUT2D eigenvalue weighted by Crippen LogP contribution is -2.38. The summed E-state index contributed by atoms with van der Waals surface area (Å²) in [7, 11) is 4.45. The second-order valence-corrected chi connectivity index (χ2v) is 9.16. The maximum atomic E-state index is 13.2. The highest BCUT2D eigenvalue weighted by molar-refractivity contribution is 8.16. The third kappa shape index (κ3) is 5.64. The summed E-state index contributed by atoms with van der Waals surface area (Å²) < 4.78 is 29.3. The Bertz CT molecular complexity index is 1270. The fraction of sp³-hybridized carbons (Fsp3) is 0.296. The summed E-state index contributed by atoms with van der Waals surface area (Å²) in [6, 6.07) is 10.8. The molecule has 0 radical (unpaired) electrons. The molecule has 0 unspecified atom stereocenters. The smallest absolute Gasteiger partial charge is 0.338 e. The molecule has 4 rings (SSSR count). The van der Waals surface area contributed by atoms with E-state index >= 15 is 0 Å². The number of esters is 1. The predicted molar refractivity (Wildman–Crippen MR) is 139 cm³/mol. The second kappa shape index (κ2) is 11.5. The standard InChI is InChI=1S/C27H28FN3O5S/c1-5-22-24(26(33)36-4)25(17-10-20(34-2)13-21(11-17)35-3)31-19(15-37-27(31)30-22)12-23(32)29-14-16-6-8-18(28)9-7-16/h6-11,13,15,25H,5,12,14H2,1-4H3,(H,29,32)/t25-/m0/s1. The number of aliphatic imine (C=N–C) groups is 1. The fourth-order valence-corrected chi connectivity index (χ4v) is 5.18. The van der Waals surface area contributed by atoms with E-state index in [1.165, 1.54) is 31.0 Å². The van der Waals surface area contributed by atoms with Crippen LogP contribution in [0.5, 0.6) is 11.5 Å². The Kier molecular flexibility index (Phi) is 8.17. The zero-order valence-electron chi connectivity index (χ0n) is 21.0. The van der Waals surface area contributed by atoms with Crippen molar-refractivity contribution < 1.29 is 28.2 Å². The van der Waals surface area contributed by atoms with E-state index in [9.17, 15) is 14.0 Å². The van der Waals surface area contributed by atoms with Crippen LogP contribution < -0.4 is 14.8 Å². The topological polar surface area (TPSA) is 89.5 Å². The molecule has 0 bridgehead atoms. The number of hydrogen-bond donors (Lipinski definition) is 1. The molecule has 0 aliphatic carbocycles. The van der Waals surface area contributed by atoms with Crippen molar-refractivity contribution in [3.8, 4) is 11.5 Å². The van der Waals surface area contributed by atoms with Gasteiger partial charge in [0, 0.05) is 18.3 Å². The summed E-state index contributed by atoms with van der Waals surface area (Å²) in [6.07, 6.45) is 0.578. The SMILES string of the molecule is CCC1=C(C(=O)OC)[C@H](c2cc(OC)cc(OC)c2)N2C(CC(=O)NCc3ccc(F)cc3)=CSC2=N1. The third-order valence-corrected chi connectivity index (χ3v) is 6.95. The Morgan fingerprint density at radius 1 is 1.08 bits per heavy atom. The summed E-state index contributed by atoms with van der Waals surface area (Å²) in [5.74, 6) is 0.0826. The lowest BCUT2D eigenvalue weighted by atomic mass is 9.92. The van der Waals surface area contributed by atoms with E-state index in [2.05, 4.69) is 5.32 Å². The minimum absolute atomic E-state index is 0.0563. The van der Waals surface area contributed by atoms with Crippen molar-refractivity contribution in [1.82, 2.24) is 10.2 Å². The highest BCUT2D eigenvalue weighted by Crippen LogP contribution is 2.46. The van der Waals surface area contributed by atoms with Crippen LogP contribution in [0.15, 0.2) is 69.8 Å². The number of nitrogens with zero attached hydrogens (tertiary/aromatic N) is 2. The first-order chi connectivity index (χ1) is 17.9. The van der Waals surface area contributed by atoms with Crippen LogP contribution in [0.1, 0.15) is 36.9 Å². The normalized spacial score (nSPS) is 16.6. The number of amidine groups is 1. The molecule has 1 atom stereocenters. The van der Waals surface area contributed by atoms with Crippen LogP contribution in [0, 0.1) is 5.82 Å². The molecule has 0 saturated heterocycles. The Hall–Kier alpha value is -3.79. The van der Waals surface area contributed by atoms with Gasteiger partial charge in [0.05, 0.1) is 45.1 Å². The van der Waals surface area contributed by atoms with Crippen LogP contribution in [-0.4, -0.2) is 43.3 Å². The number of amides is 1. The number of thioether (sulfide) groups is 1. The summed E-state index contributed by atoms with van der Waals surface area (Å²) in [5, 5.41) is 5.41. The van der Waals surface area contributed by atoms with Gasteiger partial charge in [-0.05, 0) is 47.2 Å². The quantitative estimate of drug-likeness (QED) is 0.475. The minimum Gasteiger partial charge on any atom is -0.497 e. The Balaban J connectivity index is 1.67. The molecule has 1 amide bonds. The van der Waals surface area contributed by atoms with Gasteiger partial charge in [0.25, 0.3) is 0 Å². The number of fused-ring (bicyclic) bond motifs is 1. The first kappa shape index (κ1) is 26.3. The molecule has 0 saturated carbocycles. The molecule has 37 heavy (non-hydrogen) atoms. The molecule has 2 aliphatic rings. The van der Waals surface area contributed by atoms with Crippen molar-refractivity contribution in [3.63, 3.8) is 0 Å². The van der Waals surface area contributed by atoms with Gasteiger partial charge >= 0.3 is 5.97 Å². The summed E-state index contributed by atoms with van der Waals surface area (Å²) in [6.45, 7) is 2.20. The van der Waals surface area contributed by atoms with E-state index in [4.69, 9.17) is 19.2 Å². The number of rotatable bonds is 9. The first-order valence-corrected chi connectivity index (χ1v) is 12.6. The number of halogens is 1. The average molecular weight is 526 g/mol. The Morgan fingerprint density at radius 3 is 2.35 bits per heavy atom. The maximum absolute atomic E-state index is 13.2. The van der Waals surface area contributed by atoms with E-state index in [1.54, 1.807) is 32.4 Å². The minimum atomic E-state index is -0.606. The molecule has 0 aromatic heterocycles. The van der Waals surface area contributed by atoms with Crippen LogP contribution in [-0.2, 0) is 20.9 Å². The van der Waals surface area contributed by atoms with E-state index in [0.29, 0.717) is 40.1 Å². The fourth-order valence-electron chi connectivity index (χ4n) is 4.24. The Labute approximate surface area is 219 Å². The van der Waals surface area contributed by atoms with Crippen LogP contribution in [0.4, 0.5) is 4.39 Å². The number of benzene rings is 2. The summed E-state index contributed by atoms with van der Waals surface area (Å²) >= 11 is 1.39. The lowest BCUT2D eigenvalue weighted by molar-refractivity contribution is -0.136. The average Bonchev–Trinajstić information content (AvgIpc) is 3.32. The first-order valence-electron chi connectivity index (χ1n) is 11.7. The molecule has 0 spiro atoms. The van der Waals surface area contributed by atoms with Crippen LogP contribution in [0.25, 0.3) is 0 Å². The van der Waals surface area contributed by atoms with E-state index in [1.807, 2.05) is 29.4 Å². The van der Waals surface area contributed by atoms with Crippen molar-refractivity contribution in [3.05, 3.63) is 81.8 Å². The van der Waals surface area contributed by atoms with Crippen molar-refractivity contribution in [2.45, 2.75) is 32.4 Å². The number of carbonyl (C=O) groups excluding carboxylic acids is 2. The number of methoxy groups -OCH3 is 3. The maximum Gasteiger partial charge on any atom is 0.338 e. The van der Waals surface area contributed by atoms with Gasteiger partial charge < -0.3 is 24.4 Å². The van der Waals surface area contributed by atoms with Crippen LogP contribution in [0.3, 0.4) is 0 Å². The number of ether oxygens (including phenoxy) is 3. The molecule has 0 fully saturated rings. The molecule has 8 nitrogen and oxygen atoms in total. The zero-order valence-corrected chi connectivity index (χ0v) is 21.9. The van der Waals surface area contributed by atoms with Gasteiger partial charge in [-0.2, -0.15) is 0 Å². The van der Waals surface area contributed by atoms with Gasteiger partial charge in [-0.1, -0.05) is 30.8 Å². The van der Waals surface area contributed by atoms with Crippen molar-refractivity contribution in [2.75, 3.05) is 21.3 Å². The molecule has 2 aromatic carbocycles. The molecule has 2 aromatic rings. The van der Waals surface area contributed by atoms with Gasteiger partial charge in [-0.3, -0.25) is 4.79 Å². The number of hydrogen-bond acceptors (Lipinski definition) is 8. The third-order valence-electron chi connectivity index (χ3n) is 6.06. The van der Waals surface area contributed by atoms with Crippen molar-refractivity contribution >= 4 is 28.8 Å². The van der Waals surface area contributed by atoms with Gasteiger partial charge in [-0.15, -0.1) is 0 Å². The molecule has 2 aliphatic heterocycles. The highest BCUT2D eigenvalue weighted by Gasteiger charge is 2.41. The van der Waals surface area contributed by atoms with Crippen molar-refractivity contribution in [2.24, 2.45) is 4.99 Å². The molecule has 194 valence electrons. The summed E-state index contributed by atoms with van der Waals surface area (Å²) in [5.41, 5.74) is 3.21. The van der Waals surface area contributed by atoms with E-state index in [0.717, 1.165) is 11.1 Å². The molecule has 2 heterocycles. The number of carbonyl (C=O) groups is 2. The predicted octanol–water partition coefficient (Wildman–Crippen LogP) is 4.69. The zero-order chi connectivity index (χ0) is 26.5. The van der Waals surface area contributed by atoms with Gasteiger partial charge in [0.2, 0.25) is 5.91 Å². The van der Waals surface area contributed by atoms with E-state index < -0.39 is 12.0 Å². The second-order valence-electron chi connectivity index (χ2n) is 8.33. The molecular formula is C27H28FN3O5S. The van der Waals surface area contributed by atoms with Gasteiger partial charge in [-0.25, -0.2) is 14.2 Å². The summed E-state index contributed by atoms with van der Waals surface area (Å²) in [4.78, 5) is 32.6. The monoisotopic (exact) mass is 525 g/mol.